The molecule has 1 heterocycles. The smallest absolute Gasteiger partial charge is 0.0357 e. The van der Waals surface area contributed by atoms with E-state index in [9.17, 15) is 0 Å². The van der Waals surface area contributed by atoms with Crippen LogP contribution in [0.1, 0.15) is 52.4 Å². The lowest BCUT2D eigenvalue weighted by Gasteiger charge is -2.43. The fraction of sp³-hybridized carbons (Fsp3) is 1.00. The Balaban J connectivity index is 2.08. The summed E-state index contributed by atoms with van der Waals surface area (Å²) in [5.41, 5.74) is 6.49. The number of nitrogens with two attached hydrogens (primary N) is 1. The van der Waals surface area contributed by atoms with Crippen molar-refractivity contribution >= 4 is 0 Å². The molecule has 2 heteroatoms. The first kappa shape index (κ1) is 12.4. The van der Waals surface area contributed by atoms with Crippen LogP contribution in [-0.2, 0) is 0 Å². The van der Waals surface area contributed by atoms with E-state index in [4.69, 9.17) is 5.73 Å². The average molecular weight is 224 g/mol. The van der Waals surface area contributed by atoms with Crippen LogP contribution in [0.5, 0.6) is 0 Å². The third-order valence-electron chi connectivity index (χ3n) is 5.16. The van der Waals surface area contributed by atoms with Crippen LogP contribution < -0.4 is 5.73 Å². The van der Waals surface area contributed by atoms with Gasteiger partial charge in [0.1, 0.15) is 0 Å². The van der Waals surface area contributed by atoms with Gasteiger partial charge in [-0.25, -0.2) is 0 Å². The molecule has 0 spiro atoms. The van der Waals surface area contributed by atoms with Crippen molar-refractivity contribution in [2.75, 3.05) is 19.6 Å². The van der Waals surface area contributed by atoms with Gasteiger partial charge >= 0.3 is 0 Å². The van der Waals surface area contributed by atoms with E-state index in [2.05, 4.69) is 18.7 Å². The third-order valence-corrected chi connectivity index (χ3v) is 5.16. The van der Waals surface area contributed by atoms with Crippen molar-refractivity contribution in [2.45, 2.75) is 57.9 Å². The minimum atomic E-state index is 0.351. The van der Waals surface area contributed by atoms with Crippen LogP contribution in [0.3, 0.4) is 0 Å². The lowest BCUT2D eigenvalue weighted by Crippen LogP contribution is -2.56. The predicted molar refractivity (Wildman–Crippen MR) is 69.4 cm³/mol. The molecule has 0 aromatic heterocycles. The van der Waals surface area contributed by atoms with E-state index in [1.165, 1.54) is 51.6 Å². The SMILES string of the molecule is CC1CCCN(C2(CN)CCCC2C)CC1. The molecule has 3 unspecified atom stereocenters. The molecular weight excluding hydrogens is 196 g/mol. The van der Waals surface area contributed by atoms with Gasteiger partial charge in [0.05, 0.1) is 0 Å². The van der Waals surface area contributed by atoms with Gasteiger partial charge in [0.25, 0.3) is 0 Å². The molecule has 1 saturated heterocycles. The van der Waals surface area contributed by atoms with Crippen LogP contribution in [0.2, 0.25) is 0 Å². The van der Waals surface area contributed by atoms with Gasteiger partial charge < -0.3 is 5.73 Å². The van der Waals surface area contributed by atoms with Gasteiger partial charge in [-0.3, -0.25) is 4.90 Å². The topological polar surface area (TPSA) is 29.3 Å². The van der Waals surface area contributed by atoms with Crippen molar-refractivity contribution < 1.29 is 0 Å². The Morgan fingerprint density at radius 3 is 2.56 bits per heavy atom. The fourth-order valence-corrected chi connectivity index (χ4v) is 3.84. The maximum absolute atomic E-state index is 6.13. The molecule has 0 bridgehead atoms. The Morgan fingerprint density at radius 1 is 1.12 bits per heavy atom. The Morgan fingerprint density at radius 2 is 1.94 bits per heavy atom. The monoisotopic (exact) mass is 224 g/mol. The number of hydrogen-bond acceptors (Lipinski definition) is 2. The molecule has 2 rings (SSSR count). The zero-order chi connectivity index (χ0) is 11.6. The van der Waals surface area contributed by atoms with Gasteiger partial charge in [0.15, 0.2) is 0 Å². The van der Waals surface area contributed by atoms with Gasteiger partial charge in [0.2, 0.25) is 0 Å². The van der Waals surface area contributed by atoms with Crippen LogP contribution in [0, 0.1) is 11.8 Å². The second-order valence-corrected chi connectivity index (χ2v) is 6.12. The van der Waals surface area contributed by atoms with Crippen molar-refractivity contribution in [2.24, 2.45) is 17.6 Å². The standard InChI is InChI=1S/C14H28N2/c1-12-5-4-9-16(10-7-12)14(11-15)8-3-6-13(14)2/h12-13H,3-11,15H2,1-2H3. The molecule has 1 aliphatic carbocycles. The summed E-state index contributed by atoms with van der Waals surface area (Å²) in [4.78, 5) is 2.74. The first-order chi connectivity index (χ1) is 7.69. The highest BCUT2D eigenvalue weighted by Gasteiger charge is 2.43. The number of hydrogen-bond donors (Lipinski definition) is 1. The highest BCUT2D eigenvalue weighted by Crippen LogP contribution is 2.40. The van der Waals surface area contributed by atoms with Crippen LogP contribution in [0.15, 0.2) is 0 Å². The van der Waals surface area contributed by atoms with Crippen LogP contribution >= 0.6 is 0 Å². The molecule has 1 aliphatic heterocycles. The molecule has 0 radical (unpaired) electrons. The van der Waals surface area contributed by atoms with Gasteiger partial charge in [-0.1, -0.05) is 20.3 Å². The summed E-state index contributed by atoms with van der Waals surface area (Å²) >= 11 is 0. The lowest BCUT2D eigenvalue weighted by atomic mass is 9.86. The van der Waals surface area contributed by atoms with Crippen molar-refractivity contribution in [3.8, 4) is 0 Å². The molecule has 2 fully saturated rings. The van der Waals surface area contributed by atoms with Gasteiger partial charge in [-0.05, 0) is 57.0 Å². The van der Waals surface area contributed by atoms with E-state index in [0.717, 1.165) is 18.4 Å². The Bertz CT molecular complexity index is 229. The van der Waals surface area contributed by atoms with Crippen molar-refractivity contribution in [3.63, 3.8) is 0 Å². The summed E-state index contributed by atoms with van der Waals surface area (Å²) in [5, 5.41) is 0. The average Bonchev–Trinajstić information content (AvgIpc) is 2.51. The summed E-state index contributed by atoms with van der Waals surface area (Å²) in [6, 6.07) is 0. The Kier molecular flexibility index (Phi) is 3.91. The largest absolute Gasteiger partial charge is 0.329 e. The van der Waals surface area contributed by atoms with E-state index in [1.807, 2.05) is 0 Å². The second kappa shape index (κ2) is 5.05. The van der Waals surface area contributed by atoms with Crippen molar-refractivity contribution in [1.29, 1.82) is 0 Å². The molecule has 0 amide bonds. The zero-order valence-corrected chi connectivity index (χ0v) is 11.0. The molecular formula is C14H28N2. The van der Waals surface area contributed by atoms with Gasteiger partial charge in [-0.15, -0.1) is 0 Å². The number of rotatable bonds is 2. The fourth-order valence-electron chi connectivity index (χ4n) is 3.84. The minimum Gasteiger partial charge on any atom is -0.329 e. The molecule has 94 valence electrons. The summed E-state index contributed by atoms with van der Waals surface area (Å²) in [6.07, 6.45) is 8.24. The summed E-state index contributed by atoms with van der Waals surface area (Å²) < 4.78 is 0. The number of likely N-dealkylation sites (tertiary alicyclic amines) is 1. The first-order valence-corrected chi connectivity index (χ1v) is 7.14. The number of nitrogens with zero attached hydrogens (tertiary/aromatic N) is 1. The summed E-state index contributed by atoms with van der Waals surface area (Å²) in [7, 11) is 0. The Labute approximate surface area is 101 Å². The first-order valence-electron chi connectivity index (χ1n) is 7.14. The molecule has 3 atom stereocenters. The van der Waals surface area contributed by atoms with E-state index in [-0.39, 0.29) is 0 Å². The highest BCUT2D eigenvalue weighted by atomic mass is 15.2. The summed E-state index contributed by atoms with van der Waals surface area (Å²) in [6.45, 7) is 8.24. The van der Waals surface area contributed by atoms with Crippen molar-refractivity contribution in [1.82, 2.24) is 4.90 Å². The molecule has 2 nitrogen and oxygen atoms in total. The van der Waals surface area contributed by atoms with E-state index in [1.54, 1.807) is 0 Å². The molecule has 1 saturated carbocycles. The van der Waals surface area contributed by atoms with Gasteiger partial charge in [-0.2, -0.15) is 0 Å². The van der Waals surface area contributed by atoms with Crippen molar-refractivity contribution in [3.05, 3.63) is 0 Å². The Hall–Kier alpha value is -0.0800. The molecule has 2 aliphatic rings. The van der Waals surface area contributed by atoms with Crippen LogP contribution in [0.25, 0.3) is 0 Å². The van der Waals surface area contributed by atoms with Gasteiger partial charge in [0, 0.05) is 12.1 Å². The molecule has 16 heavy (non-hydrogen) atoms. The molecule has 2 N–H and O–H groups in total. The normalized spacial score (nSPS) is 42.2. The molecule has 0 aromatic carbocycles. The van der Waals surface area contributed by atoms with Crippen LogP contribution in [-0.4, -0.2) is 30.1 Å². The zero-order valence-electron chi connectivity index (χ0n) is 11.0. The highest BCUT2D eigenvalue weighted by molar-refractivity contribution is 5.00. The maximum atomic E-state index is 6.13. The van der Waals surface area contributed by atoms with E-state index < -0.39 is 0 Å². The minimum absolute atomic E-state index is 0.351. The lowest BCUT2D eigenvalue weighted by molar-refractivity contribution is 0.0664. The third kappa shape index (κ3) is 2.14. The van der Waals surface area contributed by atoms with Crippen LogP contribution in [0.4, 0.5) is 0 Å². The molecule has 0 aromatic rings. The van der Waals surface area contributed by atoms with E-state index in [0.29, 0.717) is 5.54 Å². The summed E-state index contributed by atoms with van der Waals surface area (Å²) in [5.74, 6) is 1.71. The van der Waals surface area contributed by atoms with E-state index >= 15 is 0 Å². The second-order valence-electron chi connectivity index (χ2n) is 6.12. The predicted octanol–water partition coefficient (Wildman–Crippen LogP) is 2.63. The maximum Gasteiger partial charge on any atom is 0.0357 e. The quantitative estimate of drug-likeness (QED) is 0.781.